The molecule has 0 bridgehead atoms. The first-order valence-electron chi connectivity index (χ1n) is 7.31. The van der Waals surface area contributed by atoms with Crippen LogP contribution < -0.4 is 10.1 Å². The van der Waals surface area contributed by atoms with Gasteiger partial charge in [0, 0.05) is 8.95 Å². The Kier molecular flexibility index (Phi) is 5.47. The van der Waals surface area contributed by atoms with Gasteiger partial charge in [-0.1, -0.05) is 29.8 Å². The molecular weight excluding hydrogens is 435 g/mol. The molecule has 1 aromatic heterocycles. The number of aromatic nitrogens is 1. The van der Waals surface area contributed by atoms with Crippen LogP contribution in [-0.4, -0.2) is 10.9 Å². The van der Waals surface area contributed by atoms with Crippen LogP contribution in [0.2, 0.25) is 0 Å². The van der Waals surface area contributed by atoms with Crippen molar-refractivity contribution in [1.82, 2.24) is 4.98 Å². The molecule has 0 radical (unpaired) electrons. The molecule has 0 fully saturated rings. The highest BCUT2D eigenvalue weighted by molar-refractivity contribution is 14.1. The van der Waals surface area contributed by atoms with E-state index in [4.69, 9.17) is 4.74 Å². The summed E-state index contributed by atoms with van der Waals surface area (Å²) in [5.41, 5.74) is 2.38. The smallest absolute Gasteiger partial charge is 0.275 e. The molecule has 6 heteroatoms. The van der Waals surface area contributed by atoms with Crippen molar-refractivity contribution in [2.75, 3.05) is 5.32 Å². The minimum atomic E-state index is -0.211. The third-order valence-electron chi connectivity index (χ3n) is 3.29. The molecule has 0 saturated carbocycles. The second-order valence-electron chi connectivity index (χ2n) is 5.16. The molecule has 0 atom stereocenters. The average Bonchev–Trinajstić information content (AvgIpc) is 3.06. The fraction of sp³-hybridized carbons (Fsp3) is 0.111. The van der Waals surface area contributed by atoms with Crippen molar-refractivity contribution in [3.63, 3.8) is 0 Å². The summed E-state index contributed by atoms with van der Waals surface area (Å²) in [5.74, 6) is 0.581. The predicted octanol–water partition coefficient (Wildman–Crippen LogP) is 4.89. The molecule has 24 heavy (non-hydrogen) atoms. The Morgan fingerprint density at radius 2 is 1.96 bits per heavy atom. The summed E-state index contributed by atoms with van der Waals surface area (Å²) in [4.78, 5) is 16.6. The quantitative estimate of drug-likeness (QED) is 0.564. The van der Waals surface area contributed by atoms with E-state index in [1.165, 1.54) is 16.9 Å². The number of carbonyl (C=O) groups excluding carboxylic acids is 1. The number of aryl methyl sites for hydroxylation is 1. The number of amides is 1. The molecule has 3 rings (SSSR count). The SMILES string of the molecule is Cc1ccc(OCc2nc(C(=O)Nc3ccccc3I)cs2)cc1. The number of halogens is 1. The molecule has 0 unspecified atom stereocenters. The number of hydrogen-bond donors (Lipinski definition) is 1. The van der Waals surface area contributed by atoms with Crippen LogP contribution in [0.15, 0.2) is 53.9 Å². The third kappa shape index (κ3) is 4.33. The van der Waals surface area contributed by atoms with E-state index in [2.05, 4.69) is 32.9 Å². The molecule has 122 valence electrons. The van der Waals surface area contributed by atoms with Gasteiger partial charge in [-0.15, -0.1) is 11.3 Å². The summed E-state index contributed by atoms with van der Waals surface area (Å²) in [7, 11) is 0. The minimum absolute atomic E-state index is 0.211. The highest BCUT2D eigenvalue weighted by Gasteiger charge is 2.12. The monoisotopic (exact) mass is 450 g/mol. The zero-order chi connectivity index (χ0) is 16.9. The first kappa shape index (κ1) is 16.9. The van der Waals surface area contributed by atoms with Crippen LogP contribution in [0.5, 0.6) is 5.75 Å². The summed E-state index contributed by atoms with van der Waals surface area (Å²) in [6, 6.07) is 15.5. The molecule has 4 nitrogen and oxygen atoms in total. The number of para-hydroxylation sites is 1. The van der Waals surface area contributed by atoms with Crippen LogP contribution in [0, 0.1) is 10.5 Å². The minimum Gasteiger partial charge on any atom is -0.486 e. The highest BCUT2D eigenvalue weighted by atomic mass is 127. The summed E-state index contributed by atoms with van der Waals surface area (Å²) < 4.78 is 6.68. The Morgan fingerprint density at radius 3 is 2.71 bits per heavy atom. The lowest BCUT2D eigenvalue weighted by Crippen LogP contribution is -2.13. The van der Waals surface area contributed by atoms with Gasteiger partial charge < -0.3 is 10.1 Å². The number of benzene rings is 2. The van der Waals surface area contributed by atoms with Crippen molar-refractivity contribution in [3.05, 3.63) is 73.7 Å². The van der Waals surface area contributed by atoms with Crippen molar-refractivity contribution in [1.29, 1.82) is 0 Å². The second-order valence-corrected chi connectivity index (χ2v) is 7.27. The molecule has 2 aromatic carbocycles. The number of nitrogens with one attached hydrogen (secondary N) is 1. The Morgan fingerprint density at radius 1 is 1.21 bits per heavy atom. The first-order chi connectivity index (χ1) is 11.6. The largest absolute Gasteiger partial charge is 0.486 e. The normalized spacial score (nSPS) is 10.4. The van der Waals surface area contributed by atoms with E-state index in [0.29, 0.717) is 12.3 Å². The Labute approximate surface area is 158 Å². The number of carbonyl (C=O) groups is 1. The van der Waals surface area contributed by atoms with E-state index in [1.807, 2.05) is 55.5 Å². The summed E-state index contributed by atoms with van der Waals surface area (Å²) in [6.45, 7) is 2.38. The van der Waals surface area contributed by atoms with Crippen LogP contribution in [0.25, 0.3) is 0 Å². The van der Waals surface area contributed by atoms with Crippen molar-refractivity contribution in [2.24, 2.45) is 0 Å². The van der Waals surface area contributed by atoms with Gasteiger partial charge in [-0.05, 0) is 53.8 Å². The maximum atomic E-state index is 12.3. The maximum Gasteiger partial charge on any atom is 0.275 e. The lowest BCUT2D eigenvalue weighted by molar-refractivity contribution is 0.102. The number of ether oxygens (including phenoxy) is 1. The standard InChI is InChI=1S/C18H15IN2O2S/c1-12-6-8-13(9-7-12)23-10-17-20-16(11-24-17)18(22)21-15-5-3-2-4-14(15)19/h2-9,11H,10H2,1H3,(H,21,22). The molecular formula is C18H15IN2O2S. The summed E-state index contributed by atoms with van der Waals surface area (Å²) >= 11 is 3.60. The van der Waals surface area contributed by atoms with Gasteiger partial charge in [0.25, 0.3) is 5.91 Å². The molecule has 0 saturated heterocycles. The van der Waals surface area contributed by atoms with E-state index in [0.717, 1.165) is 20.0 Å². The Hall–Kier alpha value is -1.93. The maximum absolute atomic E-state index is 12.3. The first-order valence-corrected chi connectivity index (χ1v) is 9.27. The van der Waals surface area contributed by atoms with E-state index in [1.54, 1.807) is 5.38 Å². The van der Waals surface area contributed by atoms with Crippen molar-refractivity contribution >= 4 is 45.5 Å². The Balaban J connectivity index is 1.61. The fourth-order valence-electron chi connectivity index (χ4n) is 2.01. The van der Waals surface area contributed by atoms with Gasteiger partial charge in [0.05, 0.1) is 5.69 Å². The van der Waals surface area contributed by atoms with Crippen LogP contribution in [-0.2, 0) is 6.61 Å². The van der Waals surface area contributed by atoms with Crippen LogP contribution in [0.1, 0.15) is 21.1 Å². The lowest BCUT2D eigenvalue weighted by atomic mass is 10.2. The van der Waals surface area contributed by atoms with E-state index < -0.39 is 0 Å². The summed E-state index contributed by atoms with van der Waals surface area (Å²) in [5, 5.41) is 5.39. The van der Waals surface area contributed by atoms with Gasteiger partial charge in [-0.25, -0.2) is 4.98 Å². The van der Waals surface area contributed by atoms with E-state index in [9.17, 15) is 4.79 Å². The van der Waals surface area contributed by atoms with Gasteiger partial charge in [0.2, 0.25) is 0 Å². The molecule has 0 spiro atoms. The predicted molar refractivity (Wildman–Crippen MR) is 105 cm³/mol. The topological polar surface area (TPSA) is 51.2 Å². The third-order valence-corrected chi connectivity index (χ3v) is 5.05. The zero-order valence-electron chi connectivity index (χ0n) is 13.0. The molecule has 0 aliphatic carbocycles. The lowest BCUT2D eigenvalue weighted by Gasteiger charge is -2.05. The highest BCUT2D eigenvalue weighted by Crippen LogP contribution is 2.19. The number of anilines is 1. The zero-order valence-corrected chi connectivity index (χ0v) is 15.9. The van der Waals surface area contributed by atoms with Gasteiger partial charge in [-0.3, -0.25) is 4.79 Å². The molecule has 3 aromatic rings. The second kappa shape index (κ2) is 7.76. The van der Waals surface area contributed by atoms with Crippen LogP contribution in [0.3, 0.4) is 0 Å². The van der Waals surface area contributed by atoms with E-state index >= 15 is 0 Å². The average molecular weight is 450 g/mol. The van der Waals surface area contributed by atoms with Crippen LogP contribution >= 0.6 is 33.9 Å². The molecule has 0 aliphatic rings. The van der Waals surface area contributed by atoms with Crippen molar-refractivity contribution in [2.45, 2.75) is 13.5 Å². The number of nitrogens with zero attached hydrogens (tertiary/aromatic N) is 1. The van der Waals surface area contributed by atoms with Gasteiger partial charge in [0.15, 0.2) is 0 Å². The summed E-state index contributed by atoms with van der Waals surface area (Å²) in [6.07, 6.45) is 0. The molecule has 1 N–H and O–H groups in total. The van der Waals surface area contributed by atoms with Gasteiger partial charge >= 0.3 is 0 Å². The van der Waals surface area contributed by atoms with Crippen molar-refractivity contribution < 1.29 is 9.53 Å². The number of thiazole rings is 1. The Bertz CT molecular complexity index is 846. The molecule has 1 heterocycles. The molecule has 1 amide bonds. The number of rotatable bonds is 5. The fourth-order valence-corrected chi connectivity index (χ4v) is 3.22. The van der Waals surface area contributed by atoms with Crippen molar-refractivity contribution in [3.8, 4) is 5.75 Å². The number of hydrogen-bond acceptors (Lipinski definition) is 4. The van der Waals surface area contributed by atoms with Gasteiger partial charge in [-0.2, -0.15) is 0 Å². The van der Waals surface area contributed by atoms with Crippen LogP contribution in [0.4, 0.5) is 5.69 Å². The van der Waals surface area contributed by atoms with Gasteiger partial charge in [0.1, 0.15) is 23.1 Å². The van der Waals surface area contributed by atoms with E-state index in [-0.39, 0.29) is 5.91 Å². The molecule has 0 aliphatic heterocycles.